The molecule has 0 saturated carbocycles. The molecule has 2 aromatic carbocycles. The summed E-state index contributed by atoms with van der Waals surface area (Å²) >= 11 is 0. The molecular formula is C14H12N2O2. The van der Waals surface area contributed by atoms with Gasteiger partial charge in [0.1, 0.15) is 11.3 Å². The fourth-order valence-electron chi connectivity index (χ4n) is 1.88. The van der Waals surface area contributed by atoms with Gasteiger partial charge in [-0.05, 0) is 24.3 Å². The molecule has 90 valence electrons. The second-order valence-corrected chi connectivity index (χ2v) is 3.95. The van der Waals surface area contributed by atoms with Gasteiger partial charge < -0.3 is 14.9 Å². The maximum atomic E-state index is 5.72. The maximum absolute atomic E-state index is 5.72. The molecule has 1 aromatic heterocycles. The first kappa shape index (κ1) is 10.7. The fraction of sp³-hybridized carbons (Fsp3) is 0.0714. The highest BCUT2D eigenvalue weighted by molar-refractivity contribution is 5.80. The summed E-state index contributed by atoms with van der Waals surface area (Å²) in [5.74, 6) is 1.27. The molecule has 1 heterocycles. The van der Waals surface area contributed by atoms with Gasteiger partial charge in [-0.1, -0.05) is 12.1 Å². The number of hydrogen-bond donors (Lipinski definition) is 1. The van der Waals surface area contributed by atoms with Gasteiger partial charge in [-0.25, -0.2) is 4.98 Å². The van der Waals surface area contributed by atoms with E-state index in [-0.39, 0.29) is 0 Å². The van der Waals surface area contributed by atoms with Crippen molar-refractivity contribution in [2.24, 2.45) is 0 Å². The zero-order chi connectivity index (χ0) is 12.5. The second kappa shape index (κ2) is 4.07. The number of anilines is 1. The molecule has 0 unspecified atom stereocenters. The first-order valence-electron chi connectivity index (χ1n) is 5.57. The van der Waals surface area contributed by atoms with E-state index in [1.54, 1.807) is 19.2 Å². The van der Waals surface area contributed by atoms with Crippen LogP contribution >= 0.6 is 0 Å². The van der Waals surface area contributed by atoms with Crippen molar-refractivity contribution in [3.63, 3.8) is 0 Å². The molecule has 0 radical (unpaired) electrons. The average molecular weight is 240 g/mol. The van der Waals surface area contributed by atoms with Crippen molar-refractivity contribution in [1.29, 1.82) is 0 Å². The number of rotatable bonds is 2. The summed E-state index contributed by atoms with van der Waals surface area (Å²) in [6.07, 6.45) is 0. The van der Waals surface area contributed by atoms with Crippen LogP contribution < -0.4 is 10.5 Å². The number of ether oxygens (including phenoxy) is 1. The van der Waals surface area contributed by atoms with Crippen molar-refractivity contribution in [3.8, 4) is 17.2 Å². The molecule has 0 saturated heterocycles. The number of nitrogens with two attached hydrogens (primary N) is 1. The van der Waals surface area contributed by atoms with Crippen LogP contribution in [-0.2, 0) is 0 Å². The quantitative estimate of drug-likeness (QED) is 0.699. The molecule has 0 fully saturated rings. The number of methoxy groups -OCH3 is 1. The van der Waals surface area contributed by atoms with Gasteiger partial charge in [0.2, 0.25) is 5.89 Å². The third-order valence-electron chi connectivity index (χ3n) is 2.75. The molecule has 0 atom stereocenters. The third-order valence-corrected chi connectivity index (χ3v) is 2.75. The Morgan fingerprint density at radius 2 is 2.00 bits per heavy atom. The van der Waals surface area contributed by atoms with Crippen molar-refractivity contribution >= 4 is 16.8 Å². The number of aromatic nitrogens is 1. The van der Waals surface area contributed by atoms with Gasteiger partial charge in [0.05, 0.1) is 12.7 Å². The Morgan fingerprint density at radius 3 is 2.83 bits per heavy atom. The Balaban J connectivity index is 2.19. The van der Waals surface area contributed by atoms with E-state index in [1.165, 1.54) is 0 Å². The summed E-state index contributed by atoms with van der Waals surface area (Å²) in [5, 5.41) is 0. The lowest BCUT2D eigenvalue weighted by molar-refractivity contribution is 0.414. The van der Waals surface area contributed by atoms with Crippen LogP contribution in [0.15, 0.2) is 46.9 Å². The van der Waals surface area contributed by atoms with Gasteiger partial charge in [-0.15, -0.1) is 0 Å². The number of hydrogen-bond acceptors (Lipinski definition) is 4. The van der Waals surface area contributed by atoms with Gasteiger partial charge >= 0.3 is 0 Å². The van der Waals surface area contributed by atoms with Crippen molar-refractivity contribution in [2.45, 2.75) is 0 Å². The lowest BCUT2D eigenvalue weighted by Crippen LogP contribution is -1.86. The van der Waals surface area contributed by atoms with E-state index in [4.69, 9.17) is 14.9 Å². The normalized spacial score (nSPS) is 10.7. The summed E-state index contributed by atoms with van der Waals surface area (Å²) in [6.45, 7) is 0. The second-order valence-electron chi connectivity index (χ2n) is 3.95. The molecule has 0 bridgehead atoms. The van der Waals surface area contributed by atoms with E-state index in [0.717, 1.165) is 16.8 Å². The van der Waals surface area contributed by atoms with Crippen molar-refractivity contribution in [3.05, 3.63) is 42.5 Å². The van der Waals surface area contributed by atoms with E-state index < -0.39 is 0 Å². The highest BCUT2D eigenvalue weighted by Gasteiger charge is 2.12. The highest BCUT2D eigenvalue weighted by Crippen LogP contribution is 2.31. The van der Waals surface area contributed by atoms with Crippen LogP contribution in [0.25, 0.3) is 22.6 Å². The predicted octanol–water partition coefficient (Wildman–Crippen LogP) is 3.09. The molecule has 4 heteroatoms. The lowest BCUT2D eigenvalue weighted by atomic mass is 10.2. The third kappa shape index (κ3) is 1.68. The first-order chi connectivity index (χ1) is 8.78. The molecule has 0 aliphatic rings. The van der Waals surface area contributed by atoms with E-state index in [0.29, 0.717) is 17.2 Å². The number of nitrogen functional groups attached to an aromatic ring is 1. The molecule has 0 aliphatic heterocycles. The Labute approximate surface area is 104 Å². The van der Waals surface area contributed by atoms with Crippen LogP contribution in [0.4, 0.5) is 5.69 Å². The minimum Gasteiger partial charge on any atom is -0.496 e. The van der Waals surface area contributed by atoms with Gasteiger partial charge in [0.25, 0.3) is 0 Å². The Kier molecular flexibility index (Phi) is 2.41. The number of nitrogens with zero attached hydrogens (tertiary/aromatic N) is 1. The minimum atomic E-state index is 0.535. The van der Waals surface area contributed by atoms with Crippen LogP contribution in [0.1, 0.15) is 0 Å². The van der Waals surface area contributed by atoms with Gasteiger partial charge in [-0.3, -0.25) is 0 Å². The SMILES string of the molecule is COc1ccccc1-c1nc2ccc(N)cc2o1. The summed E-state index contributed by atoms with van der Waals surface area (Å²) in [5.41, 5.74) is 8.66. The molecule has 3 aromatic rings. The minimum absolute atomic E-state index is 0.535. The molecule has 0 spiro atoms. The Morgan fingerprint density at radius 1 is 1.17 bits per heavy atom. The van der Waals surface area contributed by atoms with Crippen LogP contribution in [0, 0.1) is 0 Å². The van der Waals surface area contributed by atoms with Crippen LogP contribution in [0.3, 0.4) is 0 Å². The van der Waals surface area contributed by atoms with E-state index >= 15 is 0 Å². The smallest absolute Gasteiger partial charge is 0.231 e. The van der Waals surface area contributed by atoms with E-state index in [9.17, 15) is 0 Å². The Bertz CT molecular complexity index is 704. The van der Waals surface area contributed by atoms with Gasteiger partial charge in [-0.2, -0.15) is 0 Å². The highest BCUT2D eigenvalue weighted by atomic mass is 16.5. The lowest BCUT2D eigenvalue weighted by Gasteiger charge is -2.03. The fourth-order valence-corrected chi connectivity index (χ4v) is 1.88. The summed E-state index contributed by atoms with van der Waals surface area (Å²) < 4.78 is 11.0. The summed E-state index contributed by atoms with van der Waals surface area (Å²) in [6, 6.07) is 13.0. The van der Waals surface area contributed by atoms with Crippen LogP contribution in [0.2, 0.25) is 0 Å². The molecule has 2 N–H and O–H groups in total. The number of fused-ring (bicyclic) bond motifs is 1. The number of oxazole rings is 1. The zero-order valence-electron chi connectivity index (χ0n) is 9.88. The molecule has 0 amide bonds. The molecule has 3 rings (SSSR count). The molecular weight excluding hydrogens is 228 g/mol. The van der Waals surface area contributed by atoms with E-state index in [1.807, 2.05) is 30.3 Å². The summed E-state index contributed by atoms with van der Waals surface area (Å²) in [7, 11) is 1.62. The topological polar surface area (TPSA) is 61.3 Å². The van der Waals surface area contributed by atoms with Crippen LogP contribution in [-0.4, -0.2) is 12.1 Å². The van der Waals surface area contributed by atoms with Crippen molar-refractivity contribution in [1.82, 2.24) is 4.98 Å². The maximum Gasteiger partial charge on any atom is 0.231 e. The standard InChI is InChI=1S/C14H12N2O2/c1-17-12-5-3-2-4-10(12)14-16-11-7-6-9(15)8-13(11)18-14/h2-8H,15H2,1H3. The number of benzene rings is 2. The largest absolute Gasteiger partial charge is 0.496 e. The monoisotopic (exact) mass is 240 g/mol. The predicted molar refractivity (Wildman–Crippen MR) is 70.4 cm³/mol. The van der Waals surface area contributed by atoms with Gasteiger partial charge in [0.15, 0.2) is 5.58 Å². The zero-order valence-corrected chi connectivity index (χ0v) is 9.88. The average Bonchev–Trinajstić information content (AvgIpc) is 2.81. The summed E-state index contributed by atoms with van der Waals surface area (Å²) in [4.78, 5) is 4.43. The Hall–Kier alpha value is -2.49. The molecule has 18 heavy (non-hydrogen) atoms. The molecule has 4 nitrogen and oxygen atoms in total. The number of para-hydroxylation sites is 1. The van der Waals surface area contributed by atoms with Crippen LogP contribution in [0.5, 0.6) is 5.75 Å². The van der Waals surface area contributed by atoms with Gasteiger partial charge in [0, 0.05) is 11.8 Å². The van der Waals surface area contributed by atoms with E-state index in [2.05, 4.69) is 4.98 Å². The first-order valence-corrected chi connectivity index (χ1v) is 5.57. The molecule has 0 aliphatic carbocycles. The van der Waals surface area contributed by atoms with Crippen molar-refractivity contribution < 1.29 is 9.15 Å². The van der Waals surface area contributed by atoms with Crippen molar-refractivity contribution in [2.75, 3.05) is 12.8 Å².